The molecule has 0 aromatic heterocycles. The van der Waals surface area contributed by atoms with Crippen molar-refractivity contribution in [1.82, 2.24) is 4.90 Å². The first kappa shape index (κ1) is 13.8. The quantitative estimate of drug-likeness (QED) is 0.670. The molecule has 1 saturated heterocycles. The van der Waals surface area contributed by atoms with Crippen LogP contribution in [0.2, 0.25) is 5.02 Å². The van der Waals surface area contributed by atoms with Gasteiger partial charge in [0.25, 0.3) is 0 Å². The van der Waals surface area contributed by atoms with Gasteiger partial charge in [-0.3, -0.25) is 4.90 Å². The molecule has 0 amide bonds. The van der Waals surface area contributed by atoms with Crippen LogP contribution in [0.4, 0.5) is 5.69 Å². The van der Waals surface area contributed by atoms with Gasteiger partial charge in [0, 0.05) is 49.2 Å². The predicted molar refractivity (Wildman–Crippen MR) is 83.1 cm³/mol. The molecule has 98 valence electrons. The molecular formula is C14H19ClN2S. The summed E-state index contributed by atoms with van der Waals surface area (Å²) in [6, 6.07) is 8.11. The molecule has 0 unspecified atom stereocenters. The lowest BCUT2D eigenvalue weighted by atomic mass is 10.2. The highest BCUT2D eigenvalue weighted by Gasteiger charge is 2.15. The molecule has 0 radical (unpaired) electrons. The molecule has 2 nitrogen and oxygen atoms in total. The van der Waals surface area contributed by atoms with Crippen molar-refractivity contribution in [3.63, 3.8) is 0 Å². The van der Waals surface area contributed by atoms with Gasteiger partial charge in [0.05, 0.1) is 0 Å². The van der Waals surface area contributed by atoms with Crippen LogP contribution in [0, 0.1) is 0 Å². The number of hydrogen-bond donors (Lipinski definition) is 1. The van der Waals surface area contributed by atoms with Gasteiger partial charge in [-0.05, 0) is 24.3 Å². The minimum absolute atomic E-state index is 0.800. The average Bonchev–Trinajstić information content (AvgIpc) is 2.41. The SMILES string of the molecule is SCC=CCN1CCN(c2ccc(Cl)cc2)CC1. The topological polar surface area (TPSA) is 6.48 Å². The maximum Gasteiger partial charge on any atom is 0.0407 e. The summed E-state index contributed by atoms with van der Waals surface area (Å²) in [7, 11) is 0. The van der Waals surface area contributed by atoms with E-state index in [1.165, 1.54) is 5.69 Å². The Labute approximate surface area is 120 Å². The van der Waals surface area contributed by atoms with Crippen molar-refractivity contribution < 1.29 is 0 Å². The Kier molecular flexibility index (Phi) is 5.42. The van der Waals surface area contributed by atoms with Gasteiger partial charge in [-0.25, -0.2) is 0 Å². The van der Waals surface area contributed by atoms with Crippen molar-refractivity contribution in [2.75, 3.05) is 43.4 Å². The molecule has 1 fully saturated rings. The number of rotatable bonds is 4. The second-order valence-electron chi connectivity index (χ2n) is 4.42. The number of nitrogens with zero attached hydrogens (tertiary/aromatic N) is 2. The molecule has 1 aliphatic rings. The van der Waals surface area contributed by atoms with E-state index in [4.69, 9.17) is 11.6 Å². The van der Waals surface area contributed by atoms with Gasteiger partial charge >= 0.3 is 0 Å². The Morgan fingerprint density at radius 3 is 2.33 bits per heavy atom. The highest BCUT2D eigenvalue weighted by molar-refractivity contribution is 7.80. The van der Waals surface area contributed by atoms with E-state index in [9.17, 15) is 0 Å². The molecule has 0 atom stereocenters. The van der Waals surface area contributed by atoms with Crippen LogP contribution in [0.3, 0.4) is 0 Å². The zero-order valence-electron chi connectivity index (χ0n) is 10.4. The summed E-state index contributed by atoms with van der Waals surface area (Å²) in [6.45, 7) is 5.42. The average molecular weight is 283 g/mol. The number of benzene rings is 1. The largest absolute Gasteiger partial charge is 0.369 e. The van der Waals surface area contributed by atoms with E-state index < -0.39 is 0 Å². The summed E-state index contributed by atoms with van der Waals surface area (Å²) >= 11 is 10.1. The molecule has 0 N–H and O–H groups in total. The zero-order chi connectivity index (χ0) is 12.8. The van der Waals surface area contributed by atoms with Gasteiger partial charge in [-0.1, -0.05) is 23.8 Å². The van der Waals surface area contributed by atoms with E-state index in [1.807, 2.05) is 12.1 Å². The van der Waals surface area contributed by atoms with E-state index in [0.717, 1.165) is 43.5 Å². The van der Waals surface area contributed by atoms with E-state index in [-0.39, 0.29) is 0 Å². The van der Waals surface area contributed by atoms with Crippen molar-refractivity contribution >= 4 is 29.9 Å². The number of anilines is 1. The van der Waals surface area contributed by atoms with Crippen molar-refractivity contribution in [3.8, 4) is 0 Å². The van der Waals surface area contributed by atoms with Crippen molar-refractivity contribution in [1.29, 1.82) is 0 Å². The summed E-state index contributed by atoms with van der Waals surface area (Å²) in [5.74, 6) is 0.824. The lowest BCUT2D eigenvalue weighted by molar-refractivity contribution is 0.284. The number of thiol groups is 1. The molecule has 18 heavy (non-hydrogen) atoms. The van der Waals surface area contributed by atoms with Gasteiger partial charge < -0.3 is 4.90 Å². The second-order valence-corrected chi connectivity index (χ2v) is 5.22. The van der Waals surface area contributed by atoms with Crippen LogP contribution < -0.4 is 4.90 Å². The molecule has 1 aromatic carbocycles. The Hall–Kier alpha value is -0.640. The Morgan fingerprint density at radius 1 is 1.06 bits per heavy atom. The van der Waals surface area contributed by atoms with Gasteiger partial charge in [-0.15, -0.1) is 0 Å². The summed E-state index contributed by atoms with van der Waals surface area (Å²) in [6.07, 6.45) is 4.31. The molecule has 0 aliphatic carbocycles. The molecule has 2 rings (SSSR count). The van der Waals surface area contributed by atoms with E-state index in [2.05, 4.69) is 46.7 Å². The molecule has 1 aromatic rings. The molecule has 1 aliphatic heterocycles. The first-order chi connectivity index (χ1) is 8.79. The Morgan fingerprint density at radius 2 is 1.72 bits per heavy atom. The van der Waals surface area contributed by atoms with Gasteiger partial charge in [0.15, 0.2) is 0 Å². The lowest BCUT2D eigenvalue weighted by Crippen LogP contribution is -2.46. The minimum atomic E-state index is 0.800. The van der Waals surface area contributed by atoms with Crippen LogP contribution in [0.5, 0.6) is 0 Å². The van der Waals surface area contributed by atoms with E-state index >= 15 is 0 Å². The highest BCUT2D eigenvalue weighted by Crippen LogP contribution is 2.19. The zero-order valence-corrected chi connectivity index (χ0v) is 12.1. The van der Waals surface area contributed by atoms with Gasteiger partial charge in [0.2, 0.25) is 0 Å². The van der Waals surface area contributed by atoms with Crippen LogP contribution in [0.25, 0.3) is 0 Å². The van der Waals surface area contributed by atoms with Gasteiger partial charge in [0.1, 0.15) is 0 Å². The van der Waals surface area contributed by atoms with Crippen LogP contribution in [0.15, 0.2) is 36.4 Å². The minimum Gasteiger partial charge on any atom is -0.369 e. The lowest BCUT2D eigenvalue weighted by Gasteiger charge is -2.35. The molecule has 0 saturated carbocycles. The monoisotopic (exact) mass is 282 g/mol. The fourth-order valence-corrected chi connectivity index (χ4v) is 2.41. The third kappa shape index (κ3) is 3.94. The third-order valence-corrected chi connectivity index (χ3v) is 3.66. The number of hydrogen-bond acceptors (Lipinski definition) is 3. The molecule has 0 bridgehead atoms. The van der Waals surface area contributed by atoms with E-state index in [0.29, 0.717) is 0 Å². The first-order valence-electron chi connectivity index (χ1n) is 6.28. The van der Waals surface area contributed by atoms with Crippen LogP contribution in [-0.2, 0) is 0 Å². The van der Waals surface area contributed by atoms with Crippen LogP contribution in [-0.4, -0.2) is 43.4 Å². The number of piperazine rings is 1. The Bertz CT molecular complexity index is 383. The fourth-order valence-electron chi connectivity index (χ4n) is 2.14. The Balaban J connectivity index is 1.83. The van der Waals surface area contributed by atoms with Crippen LogP contribution in [0.1, 0.15) is 0 Å². The first-order valence-corrected chi connectivity index (χ1v) is 7.29. The normalized spacial score (nSPS) is 17.6. The maximum atomic E-state index is 5.90. The molecule has 1 heterocycles. The summed E-state index contributed by atoms with van der Waals surface area (Å²) in [4.78, 5) is 4.88. The van der Waals surface area contributed by atoms with Crippen molar-refractivity contribution in [2.24, 2.45) is 0 Å². The summed E-state index contributed by atoms with van der Waals surface area (Å²) in [5.41, 5.74) is 1.27. The van der Waals surface area contributed by atoms with Crippen molar-refractivity contribution in [2.45, 2.75) is 0 Å². The van der Waals surface area contributed by atoms with Gasteiger partial charge in [-0.2, -0.15) is 12.6 Å². The smallest absolute Gasteiger partial charge is 0.0407 e. The molecular weight excluding hydrogens is 264 g/mol. The second kappa shape index (κ2) is 7.07. The predicted octanol–water partition coefficient (Wildman–Crippen LogP) is 2.95. The highest BCUT2D eigenvalue weighted by atomic mass is 35.5. The summed E-state index contributed by atoms with van der Waals surface area (Å²) in [5, 5.41) is 0.800. The molecule has 0 spiro atoms. The fraction of sp³-hybridized carbons (Fsp3) is 0.429. The standard InChI is InChI=1S/C14H19ClN2S/c15-13-3-5-14(6-4-13)17-10-8-16(9-11-17)7-1-2-12-18/h1-6,18H,7-12H2. The van der Waals surface area contributed by atoms with Crippen molar-refractivity contribution in [3.05, 3.63) is 41.4 Å². The van der Waals surface area contributed by atoms with E-state index in [1.54, 1.807) is 0 Å². The molecule has 4 heteroatoms. The third-order valence-electron chi connectivity index (χ3n) is 3.20. The summed E-state index contributed by atoms with van der Waals surface area (Å²) < 4.78 is 0. The maximum absolute atomic E-state index is 5.90. The number of halogens is 1. The van der Waals surface area contributed by atoms with Crippen LogP contribution >= 0.6 is 24.2 Å².